The van der Waals surface area contributed by atoms with Gasteiger partial charge in [0.05, 0.1) is 24.0 Å². The Balaban J connectivity index is 2.16. The predicted octanol–water partition coefficient (Wildman–Crippen LogP) is 2.61. The van der Waals surface area contributed by atoms with E-state index in [1.54, 1.807) is 26.8 Å². The van der Waals surface area contributed by atoms with E-state index in [4.69, 9.17) is 4.74 Å². The highest BCUT2D eigenvalue weighted by atomic mass is 16.5. The second-order valence-corrected chi connectivity index (χ2v) is 7.87. The fourth-order valence-corrected chi connectivity index (χ4v) is 3.57. The monoisotopic (exact) mass is 360 g/mol. The number of carboxylic acids is 1. The fourth-order valence-electron chi connectivity index (χ4n) is 3.57. The van der Waals surface area contributed by atoms with Gasteiger partial charge in [-0.2, -0.15) is 0 Å². The van der Waals surface area contributed by atoms with E-state index in [2.05, 4.69) is 5.32 Å². The molecular weight excluding hydrogens is 336 g/mol. The first-order chi connectivity index (χ1) is 12.1. The maximum Gasteiger partial charge on any atom is 0.339 e. The molecule has 3 rings (SSSR count). The van der Waals surface area contributed by atoms with Gasteiger partial charge in [-0.1, -0.05) is 26.8 Å². The number of nitrogens with zero attached hydrogens (tertiary/aromatic N) is 1. The van der Waals surface area contributed by atoms with Crippen molar-refractivity contribution in [1.29, 1.82) is 0 Å². The van der Waals surface area contributed by atoms with Crippen LogP contribution >= 0.6 is 0 Å². The highest BCUT2D eigenvalue weighted by Crippen LogP contribution is 2.45. The molecule has 2 amide bonds. The molecule has 7 nitrogen and oxygen atoms in total. The third kappa shape index (κ3) is 3.07. The van der Waals surface area contributed by atoms with Gasteiger partial charge >= 0.3 is 5.97 Å². The molecule has 7 heteroatoms. The minimum atomic E-state index is -1.17. The second kappa shape index (κ2) is 6.39. The molecule has 0 aromatic heterocycles. The molecule has 2 atom stereocenters. The van der Waals surface area contributed by atoms with E-state index < -0.39 is 11.4 Å². The van der Waals surface area contributed by atoms with E-state index in [0.717, 1.165) is 12.0 Å². The Morgan fingerprint density at radius 3 is 2.54 bits per heavy atom. The molecular formula is C19H24N2O5. The van der Waals surface area contributed by atoms with E-state index in [1.807, 2.05) is 6.07 Å². The van der Waals surface area contributed by atoms with Crippen LogP contribution in [0.5, 0.6) is 0 Å². The van der Waals surface area contributed by atoms with Crippen molar-refractivity contribution in [3.05, 3.63) is 23.3 Å². The van der Waals surface area contributed by atoms with Crippen LogP contribution in [0.2, 0.25) is 0 Å². The zero-order valence-electron chi connectivity index (χ0n) is 15.5. The van der Waals surface area contributed by atoms with Crippen LogP contribution in [0, 0.1) is 5.41 Å². The molecule has 140 valence electrons. The van der Waals surface area contributed by atoms with Gasteiger partial charge < -0.3 is 20.1 Å². The third-order valence-electron chi connectivity index (χ3n) is 4.97. The molecule has 2 aliphatic heterocycles. The number of hydrogen-bond donors (Lipinski definition) is 2. The van der Waals surface area contributed by atoms with Gasteiger partial charge in [0.2, 0.25) is 11.8 Å². The molecule has 2 heterocycles. The molecule has 2 unspecified atom stereocenters. The summed E-state index contributed by atoms with van der Waals surface area (Å²) in [6.45, 7) is 7.58. The first kappa shape index (κ1) is 18.4. The Morgan fingerprint density at radius 2 is 1.96 bits per heavy atom. The Labute approximate surface area is 152 Å². The summed E-state index contributed by atoms with van der Waals surface area (Å²) in [5.41, 5.74) is 0.667. The largest absolute Gasteiger partial charge is 0.478 e. The summed E-state index contributed by atoms with van der Waals surface area (Å²) in [5.74, 6) is -1.64. The third-order valence-corrected chi connectivity index (χ3v) is 4.97. The van der Waals surface area contributed by atoms with E-state index in [0.29, 0.717) is 18.8 Å². The molecule has 0 radical (unpaired) electrons. The quantitative estimate of drug-likeness (QED) is 0.845. The van der Waals surface area contributed by atoms with Crippen LogP contribution in [0.15, 0.2) is 12.1 Å². The normalized spacial score (nSPS) is 21.8. The molecule has 0 bridgehead atoms. The van der Waals surface area contributed by atoms with Crippen LogP contribution in [0.25, 0.3) is 0 Å². The number of carbonyl (C=O) groups excluding carboxylic acids is 2. The van der Waals surface area contributed by atoms with Crippen molar-refractivity contribution < 1.29 is 24.2 Å². The van der Waals surface area contributed by atoms with Gasteiger partial charge in [-0.15, -0.1) is 0 Å². The van der Waals surface area contributed by atoms with Gasteiger partial charge in [0, 0.05) is 24.9 Å². The number of benzene rings is 1. The van der Waals surface area contributed by atoms with Crippen molar-refractivity contribution in [2.45, 2.75) is 46.1 Å². The summed E-state index contributed by atoms with van der Waals surface area (Å²) in [6.07, 6.45) is 0.666. The molecule has 0 aliphatic carbocycles. The highest BCUT2D eigenvalue weighted by molar-refractivity contribution is 6.09. The van der Waals surface area contributed by atoms with E-state index >= 15 is 0 Å². The van der Waals surface area contributed by atoms with Crippen LogP contribution in [-0.2, 0) is 14.3 Å². The zero-order chi connectivity index (χ0) is 19.2. The number of nitrogens with one attached hydrogen (secondary N) is 1. The van der Waals surface area contributed by atoms with Gasteiger partial charge in [-0.3, -0.25) is 9.59 Å². The number of rotatable bonds is 2. The van der Waals surface area contributed by atoms with Crippen molar-refractivity contribution in [3.8, 4) is 0 Å². The van der Waals surface area contributed by atoms with Crippen LogP contribution < -0.4 is 10.2 Å². The Morgan fingerprint density at radius 1 is 1.27 bits per heavy atom. The number of anilines is 2. The first-order valence-corrected chi connectivity index (χ1v) is 8.72. The SMILES string of the molecule is CC(=O)N1CC2OCCC2c2ccc(NC(=O)C(C)(C)C)c(C(=O)O)c21. The van der Waals surface area contributed by atoms with Crippen LogP contribution in [0.1, 0.15) is 56.0 Å². The van der Waals surface area contributed by atoms with Gasteiger partial charge in [0.25, 0.3) is 0 Å². The molecule has 0 saturated carbocycles. The summed E-state index contributed by atoms with van der Waals surface area (Å²) in [5, 5.41) is 12.6. The standard InChI is InChI=1S/C19H24N2O5/c1-10(22)21-9-14-11(7-8-26-14)12-5-6-13(15(16(12)21)17(23)24)20-18(25)19(2,3)4/h5-6,11,14H,7-9H2,1-4H3,(H,20,25)(H,23,24). The fraction of sp³-hybridized carbons (Fsp3) is 0.526. The summed E-state index contributed by atoms with van der Waals surface area (Å²) < 4.78 is 5.72. The lowest BCUT2D eigenvalue weighted by Crippen LogP contribution is -2.43. The lowest BCUT2D eigenvalue weighted by Gasteiger charge is -2.37. The predicted molar refractivity (Wildman–Crippen MR) is 96.6 cm³/mol. The average molecular weight is 360 g/mol. The van der Waals surface area contributed by atoms with E-state index in [1.165, 1.54) is 11.8 Å². The molecule has 2 N–H and O–H groups in total. The van der Waals surface area contributed by atoms with Gasteiger partial charge in [-0.05, 0) is 18.1 Å². The van der Waals surface area contributed by atoms with Crippen LogP contribution in [0.4, 0.5) is 11.4 Å². The van der Waals surface area contributed by atoms with Crippen molar-refractivity contribution in [1.82, 2.24) is 0 Å². The van der Waals surface area contributed by atoms with Gasteiger partial charge in [0.1, 0.15) is 5.56 Å². The topological polar surface area (TPSA) is 95.9 Å². The second-order valence-electron chi connectivity index (χ2n) is 7.87. The zero-order valence-corrected chi connectivity index (χ0v) is 15.5. The van der Waals surface area contributed by atoms with Crippen molar-refractivity contribution in [2.24, 2.45) is 5.41 Å². The summed E-state index contributed by atoms with van der Waals surface area (Å²) >= 11 is 0. The van der Waals surface area contributed by atoms with Crippen LogP contribution in [-0.4, -0.2) is 42.1 Å². The maximum atomic E-state index is 12.4. The van der Waals surface area contributed by atoms with E-state index in [9.17, 15) is 19.5 Å². The lowest BCUT2D eigenvalue weighted by atomic mass is 9.84. The first-order valence-electron chi connectivity index (χ1n) is 8.72. The molecule has 1 fully saturated rings. The molecule has 1 aromatic carbocycles. The van der Waals surface area contributed by atoms with Crippen LogP contribution in [0.3, 0.4) is 0 Å². The Hall–Kier alpha value is -2.41. The summed E-state index contributed by atoms with van der Waals surface area (Å²) in [4.78, 5) is 38.1. The smallest absolute Gasteiger partial charge is 0.339 e. The maximum absolute atomic E-state index is 12.4. The number of aromatic carboxylic acids is 1. The van der Waals surface area contributed by atoms with Gasteiger partial charge in [0.15, 0.2) is 0 Å². The molecule has 0 spiro atoms. The molecule has 1 saturated heterocycles. The summed E-state index contributed by atoms with van der Waals surface area (Å²) in [6, 6.07) is 3.42. The highest BCUT2D eigenvalue weighted by Gasteiger charge is 2.41. The minimum absolute atomic E-state index is 0.0411. The summed E-state index contributed by atoms with van der Waals surface area (Å²) in [7, 11) is 0. The molecule has 26 heavy (non-hydrogen) atoms. The number of fused-ring (bicyclic) bond motifs is 3. The number of hydrogen-bond acceptors (Lipinski definition) is 4. The average Bonchev–Trinajstić information content (AvgIpc) is 3.00. The number of amides is 2. The Bertz CT molecular complexity index is 781. The Kier molecular flexibility index (Phi) is 4.52. The number of carbonyl (C=O) groups is 3. The molecule has 1 aromatic rings. The van der Waals surface area contributed by atoms with Crippen molar-refractivity contribution in [2.75, 3.05) is 23.4 Å². The number of carboxylic acid groups (broad SMARTS) is 1. The van der Waals surface area contributed by atoms with E-state index in [-0.39, 0.29) is 35.1 Å². The van der Waals surface area contributed by atoms with Gasteiger partial charge in [-0.25, -0.2) is 4.79 Å². The van der Waals surface area contributed by atoms with Crippen molar-refractivity contribution in [3.63, 3.8) is 0 Å². The molecule has 2 aliphatic rings. The minimum Gasteiger partial charge on any atom is -0.478 e. The van der Waals surface area contributed by atoms with Crippen molar-refractivity contribution >= 4 is 29.2 Å². The lowest BCUT2D eigenvalue weighted by molar-refractivity contribution is -0.123. The number of ether oxygens (including phenoxy) is 1.